The van der Waals surface area contributed by atoms with Gasteiger partial charge in [-0.2, -0.15) is 5.26 Å². The molecule has 0 bridgehead atoms. The number of amides is 5. The third kappa shape index (κ3) is 11.1. The Bertz CT molecular complexity index is 3710. The summed E-state index contributed by atoms with van der Waals surface area (Å²) in [5.41, 5.74) is 22.5. The quantitative estimate of drug-likeness (QED) is 0.0633. The van der Waals surface area contributed by atoms with E-state index in [1.54, 1.807) is 7.11 Å². The van der Waals surface area contributed by atoms with Gasteiger partial charge in [-0.25, -0.2) is 29.9 Å². The van der Waals surface area contributed by atoms with Crippen LogP contribution in [-0.4, -0.2) is 71.4 Å². The molecule has 0 radical (unpaired) electrons. The number of hydrogen-bond donors (Lipinski definition) is 7. The van der Waals surface area contributed by atoms with E-state index in [2.05, 4.69) is 73.5 Å². The summed E-state index contributed by atoms with van der Waals surface area (Å²) in [5, 5.41) is 25.5. The van der Waals surface area contributed by atoms with Gasteiger partial charge in [0.2, 0.25) is 0 Å². The number of anilines is 6. The van der Waals surface area contributed by atoms with Crippen LogP contribution in [0.3, 0.4) is 0 Å². The smallest absolute Gasteiger partial charge is 0.255 e. The third-order valence-electron chi connectivity index (χ3n) is 17.8. The Labute approximate surface area is 498 Å². The lowest BCUT2D eigenvalue weighted by Crippen LogP contribution is -2.44. The molecule has 3 aliphatic heterocycles. The van der Waals surface area contributed by atoms with Gasteiger partial charge in [-0.05, 0) is 147 Å². The monoisotopic (exact) mass is 1160 g/mol. The number of aryl methyl sites for hydroxylation is 3. The van der Waals surface area contributed by atoms with Crippen molar-refractivity contribution >= 4 is 64.1 Å². The molecule has 3 aromatic heterocycles. The highest BCUT2D eigenvalue weighted by atomic mass is 16.5. The first-order valence-electron chi connectivity index (χ1n) is 29.3. The molecular formula is C65H69N15O6. The van der Waals surface area contributed by atoms with Gasteiger partial charge in [0.05, 0.1) is 29.9 Å². The summed E-state index contributed by atoms with van der Waals surface area (Å²) in [5.74, 6) is 0.920. The van der Waals surface area contributed by atoms with Crippen LogP contribution in [0, 0.1) is 32.1 Å². The molecule has 21 nitrogen and oxygen atoms in total. The highest BCUT2D eigenvalue weighted by Gasteiger charge is 2.51. The number of nitrogens with two attached hydrogens (primary N) is 2. The van der Waals surface area contributed by atoms with Gasteiger partial charge < -0.3 is 47.7 Å². The lowest BCUT2D eigenvalue weighted by atomic mass is 9.76. The van der Waals surface area contributed by atoms with Crippen LogP contribution >= 0.6 is 0 Å². The number of fused-ring (bicyclic) bond motifs is 6. The number of nitriles is 1. The standard InChI is InChI=1S/C27H27N5O2.2C19H21N5O2/c1-18-12-21(31-25-20(14-28)15-29-17-30-25)13-23-24(18)26(33)32(27(23)10-4-3-5-11-27)16-19-6-8-22(34-2)9-7-19;2*1-11-7-12(23-17-13(16(20)25)9-21-10-22-17)8-14-15(11)18(26)24-19(14)5-3-2-4-6-19/h6-9,12-13,15,17H,3-5,10-11,16H2,1-2H3,(H,29,30,31);2*7-10H,2-6H2,1H3,(H2,20,25)(H,24,26)(H,21,22,23). The van der Waals surface area contributed by atoms with Crippen LogP contribution in [0.4, 0.5) is 34.5 Å². The van der Waals surface area contributed by atoms with Gasteiger partial charge in [-0.1, -0.05) is 69.9 Å². The SMILES string of the molecule is COc1ccc(CN2C(=O)c3c(C)cc(Nc4ncncc4C#N)cc3C23CCCCC3)cc1.Cc1cc(Nc2ncncc2C(N)=O)cc2c1C(=O)NC21CCCCC1.Cc1cc(Nc2ncncc2C(N)=O)cc2c1C(=O)NC21CCCCC1. The van der Waals surface area contributed by atoms with Gasteiger partial charge >= 0.3 is 0 Å². The molecular weight excluding hydrogens is 1090 g/mol. The predicted octanol–water partition coefficient (Wildman–Crippen LogP) is 10.3. The lowest BCUT2D eigenvalue weighted by Gasteiger charge is -2.42. The first kappa shape index (κ1) is 58.0. The van der Waals surface area contributed by atoms with E-state index in [1.165, 1.54) is 56.8 Å². The Morgan fingerprint density at radius 1 is 0.581 bits per heavy atom. The fourth-order valence-corrected chi connectivity index (χ4v) is 13.8. The van der Waals surface area contributed by atoms with Gasteiger partial charge in [0.1, 0.15) is 59.1 Å². The number of nitrogens with zero attached hydrogens (tertiary/aromatic N) is 8. The van der Waals surface area contributed by atoms with Crippen molar-refractivity contribution in [1.29, 1.82) is 5.26 Å². The number of benzene rings is 4. The second kappa shape index (κ2) is 24.0. The number of nitrogens with one attached hydrogen (secondary N) is 5. The van der Waals surface area contributed by atoms with Crippen LogP contribution in [0.2, 0.25) is 0 Å². The molecule has 0 saturated heterocycles. The molecule has 6 heterocycles. The number of primary amides is 2. The zero-order chi connectivity index (χ0) is 60.3. The molecule has 3 saturated carbocycles. The Morgan fingerprint density at radius 2 is 1.00 bits per heavy atom. The summed E-state index contributed by atoms with van der Waals surface area (Å²) in [6.45, 7) is 6.41. The molecule has 13 rings (SSSR count). The average molecular weight is 1160 g/mol. The Hall–Kier alpha value is -9.84. The van der Waals surface area contributed by atoms with Crippen molar-refractivity contribution in [1.82, 2.24) is 45.4 Å². The number of carbonyl (C=O) groups is 5. The third-order valence-corrected chi connectivity index (χ3v) is 17.8. The number of hydrogen-bond acceptors (Lipinski definition) is 16. The summed E-state index contributed by atoms with van der Waals surface area (Å²) in [7, 11) is 1.65. The molecule has 3 aliphatic carbocycles. The molecule has 3 spiro atoms. The maximum Gasteiger partial charge on any atom is 0.255 e. The molecule has 3 fully saturated rings. The summed E-state index contributed by atoms with van der Waals surface area (Å²) in [4.78, 5) is 88.4. The average Bonchev–Trinajstić information content (AvgIpc) is 1.73. The summed E-state index contributed by atoms with van der Waals surface area (Å²) in [6.07, 6.45) is 24.3. The minimum absolute atomic E-state index is 0.00538. The normalized spacial score (nSPS) is 17.1. The highest BCUT2D eigenvalue weighted by molar-refractivity contribution is 6.04. The molecule has 0 unspecified atom stereocenters. The first-order chi connectivity index (χ1) is 41.6. The van der Waals surface area contributed by atoms with E-state index in [0.29, 0.717) is 29.6 Å². The molecule has 5 amide bonds. The number of carbonyl (C=O) groups excluding carboxylic acids is 5. The van der Waals surface area contributed by atoms with E-state index >= 15 is 0 Å². The molecule has 86 heavy (non-hydrogen) atoms. The molecule has 21 heteroatoms. The van der Waals surface area contributed by atoms with Gasteiger partial charge in [-0.3, -0.25) is 24.0 Å². The second-order valence-corrected chi connectivity index (χ2v) is 23.2. The number of methoxy groups -OCH3 is 1. The molecule has 0 atom stereocenters. The maximum atomic E-state index is 13.8. The van der Waals surface area contributed by atoms with Crippen LogP contribution in [0.5, 0.6) is 5.75 Å². The van der Waals surface area contributed by atoms with Gasteiger partial charge in [0, 0.05) is 52.7 Å². The van der Waals surface area contributed by atoms with Crippen molar-refractivity contribution in [3.05, 3.63) is 171 Å². The van der Waals surface area contributed by atoms with Crippen molar-refractivity contribution < 1.29 is 28.7 Å². The van der Waals surface area contributed by atoms with Crippen LogP contribution in [0.15, 0.2) is 98.2 Å². The van der Waals surface area contributed by atoms with Crippen molar-refractivity contribution in [2.45, 2.75) is 140 Å². The maximum absolute atomic E-state index is 13.8. The van der Waals surface area contributed by atoms with E-state index in [0.717, 1.165) is 155 Å². The van der Waals surface area contributed by atoms with Crippen LogP contribution in [0.25, 0.3) is 0 Å². The van der Waals surface area contributed by atoms with E-state index < -0.39 is 11.8 Å². The molecule has 440 valence electrons. The highest BCUT2D eigenvalue weighted by Crippen LogP contribution is 2.52. The largest absolute Gasteiger partial charge is 0.497 e. The Morgan fingerprint density at radius 3 is 1.45 bits per heavy atom. The van der Waals surface area contributed by atoms with Crippen molar-refractivity contribution in [2.75, 3.05) is 23.1 Å². The molecule has 6 aliphatic rings. The molecule has 4 aromatic carbocycles. The second-order valence-electron chi connectivity index (χ2n) is 23.2. The number of aromatic nitrogens is 6. The van der Waals surface area contributed by atoms with E-state index in [4.69, 9.17) is 16.2 Å². The van der Waals surface area contributed by atoms with Crippen LogP contribution in [-0.2, 0) is 23.2 Å². The minimum Gasteiger partial charge on any atom is -0.497 e. The number of rotatable bonds is 11. The van der Waals surface area contributed by atoms with Crippen molar-refractivity contribution in [3.63, 3.8) is 0 Å². The fourth-order valence-electron chi connectivity index (χ4n) is 13.8. The van der Waals surface area contributed by atoms with E-state index in [-0.39, 0.29) is 45.5 Å². The topological polar surface area (TPSA) is 311 Å². The minimum atomic E-state index is -0.591. The van der Waals surface area contributed by atoms with E-state index in [9.17, 15) is 29.2 Å². The zero-order valence-electron chi connectivity index (χ0n) is 48.7. The number of ether oxygens (including phenoxy) is 1. The fraction of sp³-hybridized carbons (Fsp3) is 0.354. The Kier molecular flexibility index (Phi) is 16.2. The predicted molar refractivity (Wildman–Crippen MR) is 323 cm³/mol. The molecule has 9 N–H and O–H groups in total. The lowest BCUT2D eigenvalue weighted by molar-refractivity contribution is 0.0386. The summed E-state index contributed by atoms with van der Waals surface area (Å²) >= 11 is 0. The summed E-state index contributed by atoms with van der Waals surface area (Å²) in [6, 6.07) is 21.9. The van der Waals surface area contributed by atoms with Gasteiger partial charge in [0.25, 0.3) is 29.5 Å². The summed E-state index contributed by atoms with van der Waals surface area (Å²) < 4.78 is 5.30. The van der Waals surface area contributed by atoms with Crippen molar-refractivity contribution in [3.8, 4) is 11.8 Å². The molecule has 7 aromatic rings. The van der Waals surface area contributed by atoms with Gasteiger partial charge in [-0.15, -0.1) is 0 Å². The van der Waals surface area contributed by atoms with E-state index in [1.807, 2.05) is 75.4 Å². The van der Waals surface area contributed by atoms with Crippen LogP contribution < -0.4 is 42.8 Å². The van der Waals surface area contributed by atoms with Gasteiger partial charge in [0.15, 0.2) is 5.82 Å². The van der Waals surface area contributed by atoms with Crippen molar-refractivity contribution in [2.24, 2.45) is 11.5 Å². The zero-order valence-corrected chi connectivity index (χ0v) is 48.7. The first-order valence-corrected chi connectivity index (χ1v) is 29.3. The Balaban J connectivity index is 0.000000136. The van der Waals surface area contributed by atoms with Crippen LogP contribution in [0.1, 0.15) is 193 Å².